The molecule has 0 aliphatic carbocycles. The van der Waals surface area contributed by atoms with E-state index < -0.39 is 0 Å². The van der Waals surface area contributed by atoms with E-state index in [1.165, 1.54) is 11.3 Å². The normalized spacial score (nSPS) is 16.3. The zero-order valence-electron chi connectivity index (χ0n) is 16.9. The summed E-state index contributed by atoms with van der Waals surface area (Å²) in [4.78, 5) is 19.8. The lowest BCUT2D eigenvalue weighted by atomic mass is 10.1. The van der Waals surface area contributed by atoms with Gasteiger partial charge in [-0.05, 0) is 42.2 Å². The van der Waals surface area contributed by atoms with Gasteiger partial charge < -0.3 is 15.5 Å². The second kappa shape index (κ2) is 12.1. The monoisotopic (exact) mass is 524 g/mol. The Morgan fingerprint density at radius 2 is 1.90 bits per heavy atom. The van der Waals surface area contributed by atoms with Crippen LogP contribution in [0.4, 0.5) is 0 Å². The standard InChI is InChI=1S/C22H28N4OS.HI/c1-23-21(27)19-10-8-17(9-11-19)14-25-22(24-2)26-13-12-18(15-26)16-28-20-6-4-3-5-7-20;/h3-11,18H,12-16H2,1-2H3,(H,23,27)(H,24,25);1H. The van der Waals surface area contributed by atoms with Crippen LogP contribution in [0.1, 0.15) is 22.3 Å². The van der Waals surface area contributed by atoms with E-state index in [0.29, 0.717) is 18.0 Å². The van der Waals surface area contributed by atoms with E-state index >= 15 is 0 Å². The Kier molecular flexibility index (Phi) is 9.80. The lowest BCUT2D eigenvalue weighted by molar-refractivity contribution is 0.0963. The summed E-state index contributed by atoms with van der Waals surface area (Å²) in [5.74, 6) is 2.70. The molecule has 1 unspecified atom stereocenters. The zero-order valence-corrected chi connectivity index (χ0v) is 20.1. The number of carbonyl (C=O) groups excluding carboxylic acids is 1. The molecule has 0 radical (unpaired) electrons. The van der Waals surface area contributed by atoms with E-state index in [4.69, 9.17) is 0 Å². The molecular weight excluding hydrogens is 495 g/mol. The van der Waals surface area contributed by atoms with Gasteiger partial charge in [0.25, 0.3) is 5.91 Å². The molecule has 0 spiro atoms. The van der Waals surface area contributed by atoms with Crippen molar-refractivity contribution in [1.29, 1.82) is 0 Å². The number of thioether (sulfide) groups is 1. The van der Waals surface area contributed by atoms with Crippen LogP contribution in [0.25, 0.3) is 0 Å². The minimum absolute atomic E-state index is 0. The third-order valence-electron chi connectivity index (χ3n) is 4.92. The van der Waals surface area contributed by atoms with Gasteiger partial charge in [0.1, 0.15) is 0 Å². The van der Waals surface area contributed by atoms with Gasteiger partial charge in [0, 0.05) is 49.9 Å². The van der Waals surface area contributed by atoms with Crippen molar-refractivity contribution in [2.75, 3.05) is 32.9 Å². The first-order valence-electron chi connectivity index (χ1n) is 9.64. The maximum Gasteiger partial charge on any atom is 0.251 e. The Morgan fingerprint density at radius 1 is 1.17 bits per heavy atom. The average Bonchev–Trinajstić information content (AvgIpc) is 3.22. The molecule has 1 aliphatic rings. The van der Waals surface area contributed by atoms with Gasteiger partial charge in [-0.1, -0.05) is 30.3 Å². The molecule has 0 bridgehead atoms. The van der Waals surface area contributed by atoms with E-state index in [1.807, 2.05) is 43.1 Å². The van der Waals surface area contributed by atoms with Crippen molar-refractivity contribution in [3.05, 3.63) is 65.7 Å². The molecule has 1 aliphatic heterocycles. The summed E-state index contributed by atoms with van der Waals surface area (Å²) in [6.07, 6.45) is 1.20. The summed E-state index contributed by atoms with van der Waals surface area (Å²) in [7, 11) is 3.48. The molecule has 5 nitrogen and oxygen atoms in total. The van der Waals surface area contributed by atoms with E-state index in [2.05, 4.69) is 50.9 Å². The van der Waals surface area contributed by atoms with E-state index in [-0.39, 0.29) is 29.9 Å². The molecule has 2 aromatic rings. The molecule has 1 atom stereocenters. The third-order valence-corrected chi connectivity index (χ3v) is 6.16. The van der Waals surface area contributed by atoms with Crippen LogP contribution in [0.3, 0.4) is 0 Å². The minimum Gasteiger partial charge on any atom is -0.355 e. The Hall–Kier alpha value is -1.74. The van der Waals surface area contributed by atoms with Crippen LogP contribution in [-0.2, 0) is 6.54 Å². The van der Waals surface area contributed by atoms with Gasteiger partial charge in [0.05, 0.1) is 0 Å². The van der Waals surface area contributed by atoms with Crippen LogP contribution in [0, 0.1) is 5.92 Å². The lowest BCUT2D eigenvalue weighted by Gasteiger charge is -2.22. The highest BCUT2D eigenvalue weighted by atomic mass is 127. The van der Waals surface area contributed by atoms with Crippen LogP contribution < -0.4 is 10.6 Å². The number of likely N-dealkylation sites (tertiary alicyclic amines) is 1. The van der Waals surface area contributed by atoms with Gasteiger partial charge in [0.2, 0.25) is 0 Å². The fraction of sp³-hybridized carbons (Fsp3) is 0.364. The van der Waals surface area contributed by atoms with E-state index in [9.17, 15) is 4.79 Å². The third kappa shape index (κ3) is 6.92. The van der Waals surface area contributed by atoms with Crippen molar-refractivity contribution in [3.63, 3.8) is 0 Å². The van der Waals surface area contributed by atoms with Gasteiger partial charge in [-0.2, -0.15) is 0 Å². The van der Waals surface area contributed by atoms with Crippen LogP contribution in [0.5, 0.6) is 0 Å². The summed E-state index contributed by atoms with van der Waals surface area (Å²) in [6, 6.07) is 18.3. The largest absolute Gasteiger partial charge is 0.355 e. The number of hydrogen-bond acceptors (Lipinski definition) is 3. The number of aliphatic imine (C=N–C) groups is 1. The van der Waals surface area contributed by atoms with Gasteiger partial charge in [-0.25, -0.2) is 0 Å². The number of guanidine groups is 1. The van der Waals surface area contributed by atoms with Crippen molar-refractivity contribution >= 4 is 47.6 Å². The number of carbonyl (C=O) groups is 1. The number of nitrogens with zero attached hydrogens (tertiary/aromatic N) is 2. The van der Waals surface area contributed by atoms with Crippen molar-refractivity contribution in [2.45, 2.75) is 17.9 Å². The quantitative estimate of drug-likeness (QED) is 0.261. The predicted octanol–water partition coefficient (Wildman–Crippen LogP) is 3.85. The number of nitrogens with one attached hydrogen (secondary N) is 2. The zero-order chi connectivity index (χ0) is 19.8. The van der Waals surface area contributed by atoms with Crippen LogP contribution in [0.2, 0.25) is 0 Å². The van der Waals surface area contributed by atoms with Crippen molar-refractivity contribution < 1.29 is 4.79 Å². The SMILES string of the molecule is CN=C(NCc1ccc(C(=O)NC)cc1)N1CCC(CSc2ccccc2)C1.I. The van der Waals surface area contributed by atoms with Crippen molar-refractivity contribution in [3.8, 4) is 0 Å². The van der Waals surface area contributed by atoms with Gasteiger partial charge in [0.15, 0.2) is 5.96 Å². The number of rotatable bonds is 6. The molecule has 3 rings (SSSR count). The number of hydrogen-bond donors (Lipinski definition) is 2. The second-order valence-electron chi connectivity index (χ2n) is 6.90. The highest BCUT2D eigenvalue weighted by molar-refractivity contribution is 14.0. The van der Waals surface area contributed by atoms with Gasteiger partial charge in [-0.15, -0.1) is 35.7 Å². The molecule has 2 N–H and O–H groups in total. The van der Waals surface area contributed by atoms with Crippen molar-refractivity contribution in [2.24, 2.45) is 10.9 Å². The Morgan fingerprint density at radius 3 is 2.55 bits per heavy atom. The summed E-state index contributed by atoms with van der Waals surface area (Å²) in [5.41, 5.74) is 1.80. The van der Waals surface area contributed by atoms with Crippen LogP contribution >= 0.6 is 35.7 Å². The highest BCUT2D eigenvalue weighted by Crippen LogP contribution is 2.25. The number of benzene rings is 2. The molecule has 1 heterocycles. The first-order chi connectivity index (χ1) is 13.7. The fourth-order valence-electron chi connectivity index (χ4n) is 3.32. The fourth-order valence-corrected chi connectivity index (χ4v) is 4.37. The smallest absolute Gasteiger partial charge is 0.251 e. The molecule has 1 saturated heterocycles. The van der Waals surface area contributed by atoms with E-state index in [1.54, 1.807) is 7.05 Å². The number of amides is 1. The van der Waals surface area contributed by atoms with Crippen LogP contribution in [0.15, 0.2) is 64.5 Å². The molecule has 156 valence electrons. The Bertz CT molecular complexity index is 798. The summed E-state index contributed by atoms with van der Waals surface area (Å²) >= 11 is 1.94. The molecule has 0 saturated carbocycles. The molecular formula is C22H29IN4OS. The molecule has 1 amide bonds. The van der Waals surface area contributed by atoms with E-state index in [0.717, 1.165) is 30.4 Å². The minimum atomic E-state index is -0.0631. The Balaban J connectivity index is 0.00000300. The molecule has 1 fully saturated rings. The molecule has 7 heteroatoms. The van der Waals surface area contributed by atoms with Gasteiger partial charge >= 0.3 is 0 Å². The van der Waals surface area contributed by atoms with Gasteiger partial charge in [-0.3, -0.25) is 9.79 Å². The Labute approximate surface area is 194 Å². The lowest BCUT2D eigenvalue weighted by Crippen LogP contribution is -2.39. The molecule has 2 aromatic carbocycles. The maximum absolute atomic E-state index is 11.6. The predicted molar refractivity (Wildman–Crippen MR) is 132 cm³/mol. The first-order valence-corrected chi connectivity index (χ1v) is 10.6. The highest BCUT2D eigenvalue weighted by Gasteiger charge is 2.24. The topological polar surface area (TPSA) is 56.7 Å². The molecule has 0 aromatic heterocycles. The summed E-state index contributed by atoms with van der Waals surface area (Å²) < 4.78 is 0. The van der Waals surface area contributed by atoms with Crippen LogP contribution in [-0.4, -0.2) is 49.7 Å². The van der Waals surface area contributed by atoms with Crippen molar-refractivity contribution in [1.82, 2.24) is 15.5 Å². The number of halogens is 1. The maximum atomic E-state index is 11.6. The summed E-state index contributed by atoms with van der Waals surface area (Å²) in [6.45, 7) is 2.77. The summed E-state index contributed by atoms with van der Waals surface area (Å²) in [5, 5.41) is 6.09. The second-order valence-corrected chi connectivity index (χ2v) is 8.00. The molecule has 29 heavy (non-hydrogen) atoms. The first kappa shape index (κ1) is 23.5. The average molecular weight is 524 g/mol.